The largest absolute Gasteiger partial charge is 0.497 e. The highest BCUT2D eigenvalue weighted by molar-refractivity contribution is 6.31. The number of rotatable bonds is 8. The number of nitrogens with zero attached hydrogens (tertiary/aromatic N) is 2. The predicted molar refractivity (Wildman–Crippen MR) is 163 cm³/mol. The summed E-state index contributed by atoms with van der Waals surface area (Å²) in [6.45, 7) is 3.69. The van der Waals surface area contributed by atoms with Gasteiger partial charge in [0.25, 0.3) is 0 Å². The number of halogens is 2. The minimum absolute atomic E-state index is 0.183. The van der Waals surface area contributed by atoms with Crippen LogP contribution in [0.3, 0.4) is 0 Å². The molecule has 9 heteroatoms. The summed E-state index contributed by atoms with van der Waals surface area (Å²) >= 11 is 11.8. The number of H-pyrrole nitrogens is 1. The second-order valence-corrected chi connectivity index (χ2v) is 11.3. The van der Waals surface area contributed by atoms with Crippen molar-refractivity contribution < 1.29 is 19.4 Å². The Balaban J connectivity index is 0.000000321. The van der Waals surface area contributed by atoms with Crippen LogP contribution >= 0.6 is 23.2 Å². The number of ether oxygens (including phenoxy) is 2. The number of aliphatic hydroxyl groups excluding tert-OH is 1. The summed E-state index contributed by atoms with van der Waals surface area (Å²) in [7, 11) is 1.63. The van der Waals surface area contributed by atoms with E-state index in [2.05, 4.69) is 9.88 Å². The van der Waals surface area contributed by atoms with Gasteiger partial charge in [-0.1, -0.05) is 35.3 Å². The molecule has 3 aromatic carbocycles. The number of aromatic amines is 1. The Labute approximate surface area is 250 Å². The van der Waals surface area contributed by atoms with Crippen LogP contribution in [0.5, 0.6) is 11.5 Å². The number of aromatic nitrogens is 1. The summed E-state index contributed by atoms with van der Waals surface area (Å²) in [4.78, 5) is 19.5. The van der Waals surface area contributed by atoms with E-state index in [9.17, 15) is 9.90 Å². The van der Waals surface area contributed by atoms with Gasteiger partial charge in [-0.05, 0) is 98.1 Å². The molecule has 1 aromatic heterocycles. The average molecular weight is 597 g/mol. The smallest absolute Gasteiger partial charge is 0.210 e. The number of aliphatic hydroxyl groups is 1. The average Bonchev–Trinajstić information content (AvgIpc) is 3.64. The first-order valence-electron chi connectivity index (χ1n) is 13.9. The molecule has 2 unspecified atom stereocenters. The lowest BCUT2D eigenvalue weighted by Crippen LogP contribution is -2.35. The molecule has 1 fully saturated rings. The van der Waals surface area contributed by atoms with Gasteiger partial charge in [-0.25, -0.2) is 0 Å². The second kappa shape index (κ2) is 13.6. The number of nitrogens with one attached hydrogen (secondary N) is 1. The van der Waals surface area contributed by atoms with Crippen molar-refractivity contribution in [2.45, 2.75) is 31.4 Å². The molecule has 3 heterocycles. The normalized spacial score (nSPS) is 17.5. The van der Waals surface area contributed by atoms with E-state index < -0.39 is 6.10 Å². The molecule has 0 bridgehead atoms. The van der Waals surface area contributed by atoms with Gasteiger partial charge >= 0.3 is 0 Å². The highest BCUT2D eigenvalue weighted by atomic mass is 35.5. The predicted octanol–water partition coefficient (Wildman–Crippen LogP) is 6.11. The fourth-order valence-corrected chi connectivity index (χ4v) is 5.87. The van der Waals surface area contributed by atoms with E-state index in [0.29, 0.717) is 23.9 Å². The first-order chi connectivity index (χ1) is 19.9. The van der Waals surface area contributed by atoms with Gasteiger partial charge in [-0.15, -0.1) is 0 Å². The number of amides is 1. The highest BCUT2D eigenvalue weighted by Crippen LogP contribution is 2.38. The van der Waals surface area contributed by atoms with E-state index in [0.717, 1.165) is 58.9 Å². The van der Waals surface area contributed by atoms with E-state index in [1.807, 2.05) is 59.5 Å². The molecule has 7 nitrogen and oxygen atoms in total. The number of benzene rings is 3. The summed E-state index contributed by atoms with van der Waals surface area (Å²) in [6, 6.07) is 20.7. The molecule has 0 aliphatic carbocycles. The number of carbonyl (C=O) groups is 1. The van der Waals surface area contributed by atoms with Crippen LogP contribution in [0.2, 0.25) is 10.0 Å². The molecule has 0 saturated carbocycles. The molecule has 1 saturated heterocycles. The molecule has 0 spiro atoms. The fourth-order valence-electron chi connectivity index (χ4n) is 5.58. The van der Waals surface area contributed by atoms with Crippen molar-refractivity contribution in [3.05, 3.63) is 93.6 Å². The van der Waals surface area contributed by atoms with E-state index in [-0.39, 0.29) is 12.6 Å². The first-order valence-corrected chi connectivity index (χ1v) is 14.6. The highest BCUT2D eigenvalue weighted by Gasteiger charge is 2.31. The number of carbonyl (C=O) groups excluding carboxylic acids is 1. The molecular weight excluding hydrogens is 561 g/mol. The van der Waals surface area contributed by atoms with Gasteiger partial charge in [-0.2, -0.15) is 0 Å². The molecule has 6 rings (SSSR count). The van der Waals surface area contributed by atoms with Crippen LogP contribution in [-0.2, 0) is 11.2 Å². The maximum atomic E-state index is 11.8. The number of β-amino-alcohol motifs (C(OH)–C–C–N with tert-alkyl or cyclic N) is 1. The Morgan fingerprint density at radius 1 is 0.976 bits per heavy atom. The Hall–Kier alpha value is -3.23. The Morgan fingerprint density at radius 2 is 1.66 bits per heavy atom. The second-order valence-electron chi connectivity index (χ2n) is 10.4. The van der Waals surface area contributed by atoms with Crippen molar-refractivity contribution in [2.75, 3.05) is 39.9 Å². The monoisotopic (exact) mass is 595 g/mol. The maximum Gasteiger partial charge on any atom is 0.210 e. The number of likely N-dealkylation sites (tertiary alicyclic amines) is 1. The summed E-state index contributed by atoms with van der Waals surface area (Å²) < 4.78 is 10.7. The minimum Gasteiger partial charge on any atom is -0.497 e. The molecule has 2 N–H and O–H groups in total. The third-order valence-corrected chi connectivity index (χ3v) is 8.10. The molecule has 4 aromatic rings. The molecule has 2 atom stereocenters. The molecule has 216 valence electrons. The lowest BCUT2D eigenvalue weighted by Gasteiger charge is -2.33. The lowest BCUT2D eigenvalue weighted by molar-refractivity contribution is -0.120. The Bertz CT molecular complexity index is 1440. The summed E-state index contributed by atoms with van der Waals surface area (Å²) in [6.07, 6.45) is 3.63. The lowest BCUT2D eigenvalue weighted by atomic mass is 9.93. The first kappa shape index (κ1) is 29.3. The number of hydrogen-bond acceptors (Lipinski definition) is 5. The number of fused-ring (bicyclic) bond motifs is 3. The van der Waals surface area contributed by atoms with Gasteiger partial charge in [0.15, 0.2) is 0 Å². The van der Waals surface area contributed by atoms with Gasteiger partial charge in [0.1, 0.15) is 24.2 Å². The van der Waals surface area contributed by atoms with Crippen molar-refractivity contribution in [1.82, 2.24) is 14.8 Å². The van der Waals surface area contributed by atoms with Crippen LogP contribution in [0.15, 0.2) is 66.7 Å². The van der Waals surface area contributed by atoms with Crippen molar-refractivity contribution in [3.8, 4) is 11.5 Å². The van der Waals surface area contributed by atoms with Crippen LogP contribution in [0.4, 0.5) is 0 Å². The van der Waals surface area contributed by atoms with E-state index >= 15 is 0 Å². The van der Waals surface area contributed by atoms with E-state index in [1.54, 1.807) is 19.2 Å². The number of methoxy groups -OCH3 is 1. The Kier molecular flexibility index (Phi) is 9.72. The molecule has 2 aliphatic heterocycles. The maximum absolute atomic E-state index is 11.8. The van der Waals surface area contributed by atoms with Gasteiger partial charge in [-0.3, -0.25) is 4.79 Å². The third kappa shape index (κ3) is 7.16. The minimum atomic E-state index is -0.502. The zero-order valence-electron chi connectivity index (χ0n) is 23.1. The molecule has 0 radical (unpaired) electrons. The molecular formula is C32H35Cl2N3O4. The molecule has 1 amide bonds. The van der Waals surface area contributed by atoms with Crippen LogP contribution in [0, 0.1) is 0 Å². The van der Waals surface area contributed by atoms with Crippen LogP contribution in [-0.4, -0.2) is 72.3 Å². The third-order valence-electron chi connectivity index (χ3n) is 7.62. The van der Waals surface area contributed by atoms with Crippen LogP contribution in [0.1, 0.15) is 35.7 Å². The zero-order valence-corrected chi connectivity index (χ0v) is 24.6. The van der Waals surface area contributed by atoms with Crippen molar-refractivity contribution in [1.29, 1.82) is 0 Å². The molecule has 41 heavy (non-hydrogen) atoms. The summed E-state index contributed by atoms with van der Waals surface area (Å²) in [5.41, 5.74) is 4.30. The van der Waals surface area contributed by atoms with Gasteiger partial charge < -0.3 is 29.4 Å². The topological polar surface area (TPSA) is 78.0 Å². The summed E-state index contributed by atoms with van der Waals surface area (Å²) in [5.74, 6) is 1.55. The Morgan fingerprint density at radius 3 is 2.34 bits per heavy atom. The SMILES string of the molecule is COc1ccc(Cl)cc1.O=CN1CCc2c([nH]c3ccc(Cl)cc23)C1c1ccc(OCC(O)CN2CCCC2)cc1. The standard InChI is InChI=1S/C25H28ClN3O3.C7H7ClO/c26-18-5-8-23-22(13-18)21-9-12-29(16-30)25(24(21)27-23)17-3-6-20(7-4-17)32-15-19(31)14-28-10-1-2-11-28;1-9-7-4-2-6(8)3-5-7/h3-8,13,16,19,25,27,31H,1-2,9-12,14-15H2;2-5H,1H3. The van der Waals surface area contributed by atoms with Crippen molar-refractivity contribution in [3.63, 3.8) is 0 Å². The van der Waals surface area contributed by atoms with Crippen LogP contribution < -0.4 is 9.47 Å². The van der Waals surface area contributed by atoms with Gasteiger partial charge in [0.2, 0.25) is 6.41 Å². The van der Waals surface area contributed by atoms with Crippen molar-refractivity contribution in [2.24, 2.45) is 0 Å². The van der Waals surface area contributed by atoms with Crippen molar-refractivity contribution >= 4 is 40.5 Å². The van der Waals surface area contributed by atoms with Crippen LogP contribution in [0.25, 0.3) is 10.9 Å². The van der Waals surface area contributed by atoms with E-state index in [1.165, 1.54) is 18.4 Å². The van der Waals surface area contributed by atoms with Gasteiger partial charge in [0, 0.05) is 39.7 Å². The zero-order chi connectivity index (χ0) is 28.8. The fraction of sp³-hybridized carbons (Fsp3) is 0.344. The van der Waals surface area contributed by atoms with E-state index in [4.69, 9.17) is 32.7 Å². The molecule has 2 aliphatic rings. The number of hydrogen-bond donors (Lipinski definition) is 2. The van der Waals surface area contributed by atoms with Gasteiger partial charge in [0.05, 0.1) is 13.2 Å². The quantitative estimate of drug-likeness (QED) is 0.240. The summed E-state index contributed by atoms with van der Waals surface area (Å²) in [5, 5.41) is 12.8.